The molecule has 5 aliphatic carbocycles. The topological polar surface area (TPSA) is 40.5 Å². The molecule has 1 unspecified atom stereocenters. The fraction of sp³-hybridized carbons (Fsp3) is 1.00. The van der Waals surface area contributed by atoms with Crippen molar-refractivity contribution >= 4 is 0 Å². The van der Waals surface area contributed by atoms with E-state index in [0.717, 1.165) is 38.5 Å². The molecule has 2 nitrogen and oxygen atoms in total. The molecule has 0 aliphatic heterocycles. The van der Waals surface area contributed by atoms with Gasteiger partial charge in [0, 0.05) is 12.8 Å². The standard InChI is InChI=1S/C31H49F5O2/c1-20(5-4-11-28(37)14-17-30(32,33)18-15-28)23-8-9-24-22-7-6-21-19-29(38,31(34,35)36)16-13-26(21,2)25(22)10-12-27(23,24)3/h20-25,37-38H,4-19H2,1-3H3/t20-,21+,22+,23?,24+,25+,26+,27-,29+/m1/s1. The minimum Gasteiger partial charge on any atom is -0.390 e. The highest BCUT2D eigenvalue weighted by Gasteiger charge is 2.65. The van der Waals surface area contributed by atoms with Crippen molar-refractivity contribution in [3.05, 3.63) is 0 Å². The molecule has 0 aromatic rings. The average molecular weight is 549 g/mol. The second kappa shape index (κ2) is 9.56. The first-order valence-electron chi connectivity index (χ1n) is 15.4. The molecule has 0 aromatic heterocycles. The van der Waals surface area contributed by atoms with Gasteiger partial charge in [0.25, 0.3) is 0 Å². The van der Waals surface area contributed by atoms with E-state index in [-0.39, 0.29) is 55.3 Å². The lowest BCUT2D eigenvalue weighted by molar-refractivity contribution is -0.290. The number of halogens is 5. The van der Waals surface area contributed by atoms with Crippen molar-refractivity contribution in [3.8, 4) is 0 Å². The second-order valence-corrected chi connectivity index (χ2v) is 15.1. The molecule has 0 amide bonds. The third kappa shape index (κ3) is 4.86. The van der Waals surface area contributed by atoms with E-state index in [2.05, 4.69) is 20.8 Å². The first kappa shape index (κ1) is 29.1. The van der Waals surface area contributed by atoms with Crippen molar-refractivity contribution in [3.63, 3.8) is 0 Å². The number of hydrogen-bond donors (Lipinski definition) is 2. The third-order valence-electron chi connectivity index (χ3n) is 13.2. The summed E-state index contributed by atoms with van der Waals surface area (Å²) in [5.74, 6) is 0.0530. The van der Waals surface area contributed by atoms with Gasteiger partial charge in [-0.05, 0) is 123 Å². The van der Waals surface area contributed by atoms with E-state index >= 15 is 0 Å². The molecule has 5 fully saturated rings. The number of fused-ring (bicyclic) bond motifs is 5. The molecule has 5 aliphatic rings. The predicted octanol–water partition coefficient (Wildman–Crippen LogP) is 8.69. The lowest BCUT2D eigenvalue weighted by Crippen LogP contribution is -2.59. The number of rotatable bonds is 5. The van der Waals surface area contributed by atoms with Gasteiger partial charge in [0.1, 0.15) is 0 Å². The van der Waals surface area contributed by atoms with Crippen molar-refractivity contribution < 1.29 is 32.2 Å². The molecule has 0 saturated heterocycles. The summed E-state index contributed by atoms with van der Waals surface area (Å²) >= 11 is 0. The van der Waals surface area contributed by atoms with Crippen LogP contribution in [0.4, 0.5) is 22.0 Å². The molecule has 5 rings (SSSR count). The van der Waals surface area contributed by atoms with Crippen molar-refractivity contribution in [2.75, 3.05) is 0 Å². The second-order valence-electron chi connectivity index (χ2n) is 15.1. The number of aliphatic hydroxyl groups is 2. The zero-order valence-electron chi connectivity index (χ0n) is 23.6. The summed E-state index contributed by atoms with van der Waals surface area (Å²) in [6.45, 7) is 7.03. The van der Waals surface area contributed by atoms with Crippen LogP contribution in [0.25, 0.3) is 0 Å². The summed E-state index contributed by atoms with van der Waals surface area (Å²) in [5, 5.41) is 21.3. The smallest absolute Gasteiger partial charge is 0.390 e. The van der Waals surface area contributed by atoms with Crippen LogP contribution < -0.4 is 0 Å². The fourth-order valence-electron chi connectivity index (χ4n) is 10.8. The predicted molar refractivity (Wildman–Crippen MR) is 138 cm³/mol. The van der Waals surface area contributed by atoms with Gasteiger partial charge in [0.2, 0.25) is 5.92 Å². The summed E-state index contributed by atoms with van der Waals surface area (Å²) in [4.78, 5) is 0. The van der Waals surface area contributed by atoms with Crippen LogP contribution in [0.1, 0.15) is 124 Å². The van der Waals surface area contributed by atoms with E-state index in [0.29, 0.717) is 42.4 Å². The van der Waals surface area contributed by atoms with Crippen molar-refractivity contribution in [1.82, 2.24) is 0 Å². The van der Waals surface area contributed by atoms with E-state index in [9.17, 15) is 32.2 Å². The first-order chi connectivity index (χ1) is 17.5. The Morgan fingerprint density at radius 3 is 2.11 bits per heavy atom. The lowest BCUT2D eigenvalue weighted by atomic mass is 9.43. The van der Waals surface area contributed by atoms with Gasteiger partial charge in [-0.15, -0.1) is 0 Å². The van der Waals surface area contributed by atoms with Crippen LogP contribution in [0.5, 0.6) is 0 Å². The molecule has 0 heterocycles. The van der Waals surface area contributed by atoms with E-state index in [1.54, 1.807) is 0 Å². The zero-order chi connectivity index (χ0) is 27.8. The first-order valence-corrected chi connectivity index (χ1v) is 15.4. The fourth-order valence-corrected chi connectivity index (χ4v) is 10.8. The lowest BCUT2D eigenvalue weighted by Gasteiger charge is -2.62. The van der Waals surface area contributed by atoms with Crippen LogP contribution in [-0.2, 0) is 0 Å². The highest BCUT2D eigenvalue weighted by Crippen LogP contribution is 2.69. The summed E-state index contributed by atoms with van der Waals surface area (Å²) in [5.41, 5.74) is -3.33. The Labute approximate surface area is 225 Å². The largest absolute Gasteiger partial charge is 0.417 e. The van der Waals surface area contributed by atoms with E-state index in [1.807, 2.05) is 0 Å². The minimum absolute atomic E-state index is 0.0601. The molecule has 5 saturated carbocycles. The Hall–Kier alpha value is -0.430. The molecule has 38 heavy (non-hydrogen) atoms. The summed E-state index contributed by atoms with van der Waals surface area (Å²) in [7, 11) is 0. The molecule has 2 N–H and O–H groups in total. The van der Waals surface area contributed by atoms with Crippen molar-refractivity contribution in [2.45, 2.75) is 147 Å². The van der Waals surface area contributed by atoms with Crippen LogP contribution in [0, 0.1) is 46.3 Å². The van der Waals surface area contributed by atoms with Crippen LogP contribution in [0.2, 0.25) is 0 Å². The molecular formula is C31H49F5O2. The van der Waals surface area contributed by atoms with Gasteiger partial charge in [-0.3, -0.25) is 0 Å². The van der Waals surface area contributed by atoms with Gasteiger partial charge in [0.05, 0.1) is 5.60 Å². The van der Waals surface area contributed by atoms with Gasteiger partial charge in [-0.2, -0.15) is 13.2 Å². The molecule has 0 aromatic carbocycles. The van der Waals surface area contributed by atoms with Gasteiger partial charge in [-0.1, -0.05) is 33.6 Å². The minimum atomic E-state index is -4.55. The molecule has 0 bridgehead atoms. The van der Waals surface area contributed by atoms with Crippen LogP contribution in [-0.4, -0.2) is 33.5 Å². The highest BCUT2D eigenvalue weighted by molar-refractivity contribution is 5.11. The van der Waals surface area contributed by atoms with E-state index in [4.69, 9.17) is 0 Å². The SMILES string of the molecule is C[C@H](CCCC1(O)CCC(F)(F)CC1)C1CC[C@H]2[C@@H]3CC[C@H]4C[C@](O)(C(F)(F)F)CC[C@]4(C)[C@H]3CC[C@]12C. The highest BCUT2D eigenvalue weighted by atomic mass is 19.4. The Kier molecular flexibility index (Phi) is 7.31. The monoisotopic (exact) mass is 548 g/mol. The molecule has 7 heteroatoms. The molecule has 9 atom stereocenters. The van der Waals surface area contributed by atoms with Gasteiger partial charge in [-0.25, -0.2) is 8.78 Å². The van der Waals surface area contributed by atoms with E-state index in [1.165, 1.54) is 12.8 Å². The summed E-state index contributed by atoms with van der Waals surface area (Å²) in [6, 6.07) is 0. The summed E-state index contributed by atoms with van der Waals surface area (Å²) in [6.07, 6.45) is 4.42. The van der Waals surface area contributed by atoms with Crippen LogP contribution in [0.3, 0.4) is 0 Å². The maximum atomic E-state index is 13.6. The molecule has 220 valence electrons. The van der Waals surface area contributed by atoms with Crippen LogP contribution in [0.15, 0.2) is 0 Å². The summed E-state index contributed by atoms with van der Waals surface area (Å²) < 4.78 is 68.0. The Balaban J connectivity index is 1.20. The quantitative estimate of drug-likeness (QED) is 0.338. The van der Waals surface area contributed by atoms with Gasteiger partial charge < -0.3 is 10.2 Å². The average Bonchev–Trinajstić information content (AvgIpc) is 3.18. The van der Waals surface area contributed by atoms with Crippen molar-refractivity contribution in [2.24, 2.45) is 46.3 Å². The van der Waals surface area contributed by atoms with Gasteiger partial charge in [0.15, 0.2) is 5.60 Å². The molecule has 0 spiro atoms. The maximum absolute atomic E-state index is 13.6. The van der Waals surface area contributed by atoms with Crippen molar-refractivity contribution in [1.29, 1.82) is 0 Å². The van der Waals surface area contributed by atoms with Gasteiger partial charge >= 0.3 is 6.18 Å². The maximum Gasteiger partial charge on any atom is 0.417 e. The third-order valence-corrected chi connectivity index (χ3v) is 13.2. The molecule has 0 radical (unpaired) electrons. The Morgan fingerprint density at radius 2 is 1.45 bits per heavy atom. The normalized spacial score (nSPS) is 47.1. The zero-order valence-corrected chi connectivity index (χ0v) is 23.6. The number of hydrogen-bond acceptors (Lipinski definition) is 2. The Morgan fingerprint density at radius 1 is 0.789 bits per heavy atom. The van der Waals surface area contributed by atoms with Crippen LogP contribution >= 0.6 is 0 Å². The Bertz CT molecular complexity index is 865. The number of alkyl halides is 5. The van der Waals surface area contributed by atoms with E-state index < -0.39 is 23.3 Å². The molecular weight excluding hydrogens is 499 g/mol.